The number of nitrogens with one attached hydrogen (secondary N) is 4. The van der Waals surface area contributed by atoms with Gasteiger partial charge in [-0.05, 0) is 37.8 Å². The van der Waals surface area contributed by atoms with Gasteiger partial charge in [0.1, 0.15) is 24.5 Å². The van der Waals surface area contributed by atoms with Gasteiger partial charge in [-0.3, -0.25) is 28.8 Å². The highest BCUT2D eigenvalue weighted by atomic mass is 16.2. The predicted octanol–water partition coefficient (Wildman–Crippen LogP) is 0.623. The summed E-state index contributed by atoms with van der Waals surface area (Å²) in [7, 11) is 0. The van der Waals surface area contributed by atoms with Crippen molar-refractivity contribution in [2.75, 3.05) is 19.6 Å². The maximum Gasteiger partial charge on any atom is 0.250 e. The van der Waals surface area contributed by atoms with E-state index in [1.807, 2.05) is 44.2 Å². The number of carbonyl (C=O) groups excluding carboxylic acids is 5. The van der Waals surface area contributed by atoms with E-state index in [0.29, 0.717) is 18.1 Å². The predicted molar refractivity (Wildman–Crippen MR) is 184 cm³/mol. The fourth-order valence-electron chi connectivity index (χ4n) is 5.67. The van der Waals surface area contributed by atoms with Gasteiger partial charge in [0, 0.05) is 57.7 Å². The molecule has 0 saturated carbocycles. The van der Waals surface area contributed by atoms with Gasteiger partial charge in [0.25, 0.3) is 5.56 Å². The van der Waals surface area contributed by atoms with Gasteiger partial charge in [0.2, 0.25) is 29.5 Å². The highest BCUT2D eigenvalue weighted by Gasteiger charge is 2.31. The molecule has 5 amide bonds. The molecule has 0 saturated heterocycles. The van der Waals surface area contributed by atoms with Crippen LogP contribution >= 0.6 is 0 Å². The lowest BCUT2D eigenvalue weighted by Crippen LogP contribution is -2.54. The van der Waals surface area contributed by atoms with Gasteiger partial charge in [0.05, 0.1) is 6.04 Å². The van der Waals surface area contributed by atoms with Crippen LogP contribution in [0.1, 0.15) is 63.3 Å². The molecule has 50 heavy (non-hydrogen) atoms. The van der Waals surface area contributed by atoms with Gasteiger partial charge >= 0.3 is 0 Å². The normalized spacial score (nSPS) is 20.3. The van der Waals surface area contributed by atoms with E-state index in [2.05, 4.69) is 31.3 Å². The van der Waals surface area contributed by atoms with Gasteiger partial charge in [-0.2, -0.15) is 5.10 Å². The maximum atomic E-state index is 13.8. The molecule has 0 radical (unpaired) electrons. The van der Waals surface area contributed by atoms with E-state index >= 15 is 0 Å². The Morgan fingerprint density at radius 3 is 2.38 bits per heavy atom. The standard InChI is InChI=1S/C35H47N9O6/c1-23(2)32-33-38-25(4)41-44(33)22-29(46)36-16-20-43(31(48)15-19-42-17-9-8-14-30(42)47)18-10-13-28(45)37-24(3)34(49)39-27(35(50)40-32)21-26-11-6-5-7-12-26/h5-9,11-12,14,17,23-24,27,32H,10,13,15-16,18-22H2,1-4H3,(H,36,46)(H,37,45)(H,39,49)(H,40,50)/t24-,27+,32-/m0/s1. The van der Waals surface area contributed by atoms with Crippen LogP contribution in [0.3, 0.4) is 0 Å². The smallest absolute Gasteiger partial charge is 0.250 e. The molecular weight excluding hydrogens is 642 g/mol. The van der Waals surface area contributed by atoms with Crippen molar-refractivity contribution in [3.05, 3.63) is 82.3 Å². The second-order valence-corrected chi connectivity index (χ2v) is 12.8. The minimum atomic E-state index is -0.983. The molecule has 268 valence electrons. The highest BCUT2D eigenvalue weighted by molar-refractivity contribution is 5.92. The highest BCUT2D eigenvalue weighted by Crippen LogP contribution is 2.21. The number of nitrogens with zero attached hydrogens (tertiary/aromatic N) is 5. The Morgan fingerprint density at radius 1 is 0.920 bits per heavy atom. The monoisotopic (exact) mass is 689 g/mol. The number of hydrogen-bond donors (Lipinski definition) is 4. The summed E-state index contributed by atoms with van der Waals surface area (Å²) >= 11 is 0. The van der Waals surface area contributed by atoms with Crippen LogP contribution in [0, 0.1) is 12.8 Å². The van der Waals surface area contributed by atoms with Crippen molar-refractivity contribution >= 4 is 29.5 Å². The van der Waals surface area contributed by atoms with E-state index in [1.54, 1.807) is 37.1 Å². The Hall–Kier alpha value is -5.34. The molecule has 2 aromatic heterocycles. The number of carbonyl (C=O) groups is 5. The molecular formula is C35H47N9O6. The summed E-state index contributed by atoms with van der Waals surface area (Å²) in [5.74, 6) is -1.35. The van der Waals surface area contributed by atoms with Crippen LogP contribution in [-0.2, 0) is 43.5 Å². The molecule has 0 fully saturated rings. The average Bonchev–Trinajstić information content (AvgIpc) is 3.44. The van der Waals surface area contributed by atoms with Crippen LogP contribution in [0.2, 0.25) is 0 Å². The quantitative estimate of drug-likeness (QED) is 0.290. The molecule has 4 rings (SSSR count). The third kappa shape index (κ3) is 10.8. The van der Waals surface area contributed by atoms with E-state index in [9.17, 15) is 28.8 Å². The lowest BCUT2D eigenvalue weighted by Gasteiger charge is -2.27. The molecule has 0 bridgehead atoms. The van der Waals surface area contributed by atoms with E-state index in [0.717, 1.165) is 5.56 Å². The van der Waals surface area contributed by atoms with Crippen molar-refractivity contribution in [2.24, 2.45) is 5.92 Å². The zero-order valence-corrected chi connectivity index (χ0v) is 29.1. The summed E-state index contributed by atoms with van der Waals surface area (Å²) in [5, 5.41) is 15.8. The van der Waals surface area contributed by atoms with Gasteiger partial charge in [-0.25, -0.2) is 9.67 Å². The fraction of sp³-hybridized carbons (Fsp3) is 0.486. The van der Waals surface area contributed by atoms with E-state index < -0.39 is 35.8 Å². The van der Waals surface area contributed by atoms with E-state index in [1.165, 1.54) is 15.3 Å². The SMILES string of the molecule is Cc1nc2n(n1)CC(=O)NCCN(C(=O)CCn1ccccc1=O)CCCC(=O)N[C@@H](C)C(=O)N[C@H](Cc1ccccc1)C(=O)N[C@H]2C(C)C. The molecule has 3 aromatic rings. The van der Waals surface area contributed by atoms with Crippen molar-refractivity contribution in [1.29, 1.82) is 0 Å². The van der Waals surface area contributed by atoms with Crippen LogP contribution < -0.4 is 26.8 Å². The third-order valence-electron chi connectivity index (χ3n) is 8.38. The van der Waals surface area contributed by atoms with Crippen molar-refractivity contribution in [3.63, 3.8) is 0 Å². The summed E-state index contributed by atoms with van der Waals surface area (Å²) in [5.41, 5.74) is 0.604. The number of benzene rings is 1. The Kier molecular flexibility index (Phi) is 13.4. The number of hydrogen-bond acceptors (Lipinski definition) is 8. The number of rotatable bonds is 6. The first-order valence-electron chi connectivity index (χ1n) is 17.0. The number of pyridine rings is 1. The van der Waals surface area contributed by atoms with Crippen LogP contribution in [-0.4, -0.2) is 85.5 Å². The summed E-state index contributed by atoms with van der Waals surface area (Å²) in [6.07, 6.45) is 2.18. The summed E-state index contributed by atoms with van der Waals surface area (Å²) in [4.78, 5) is 84.7. The van der Waals surface area contributed by atoms with E-state index in [-0.39, 0.29) is 75.3 Å². The second kappa shape index (κ2) is 17.9. The fourth-order valence-corrected chi connectivity index (χ4v) is 5.67. The van der Waals surface area contributed by atoms with Gasteiger partial charge in [-0.15, -0.1) is 0 Å². The zero-order valence-electron chi connectivity index (χ0n) is 29.1. The van der Waals surface area contributed by atoms with Crippen molar-refractivity contribution < 1.29 is 24.0 Å². The van der Waals surface area contributed by atoms with Gasteiger partial charge in [-0.1, -0.05) is 50.2 Å². The summed E-state index contributed by atoms with van der Waals surface area (Å²) in [6, 6.07) is 11.4. The Labute approximate surface area is 291 Å². The molecule has 1 aromatic carbocycles. The second-order valence-electron chi connectivity index (χ2n) is 12.8. The van der Waals surface area contributed by atoms with E-state index in [4.69, 9.17) is 0 Å². The molecule has 0 spiro atoms. The number of amides is 5. The molecule has 3 atom stereocenters. The molecule has 15 nitrogen and oxygen atoms in total. The van der Waals surface area contributed by atoms with Crippen LogP contribution in [0.5, 0.6) is 0 Å². The van der Waals surface area contributed by atoms with Gasteiger partial charge in [0.15, 0.2) is 5.82 Å². The van der Waals surface area contributed by atoms with Gasteiger partial charge < -0.3 is 30.7 Å². The van der Waals surface area contributed by atoms with Crippen LogP contribution in [0.25, 0.3) is 0 Å². The van der Waals surface area contributed by atoms with Crippen molar-refractivity contribution in [3.8, 4) is 0 Å². The summed E-state index contributed by atoms with van der Waals surface area (Å²) < 4.78 is 2.90. The van der Waals surface area contributed by atoms with Crippen LogP contribution in [0.15, 0.2) is 59.5 Å². The molecule has 3 heterocycles. The minimum Gasteiger partial charge on any atom is -0.353 e. The minimum absolute atomic E-state index is 0.0321. The number of aromatic nitrogens is 4. The topological polar surface area (TPSA) is 189 Å². The largest absolute Gasteiger partial charge is 0.353 e. The lowest BCUT2D eigenvalue weighted by molar-refractivity contribution is -0.133. The number of fused-ring (bicyclic) bond motifs is 1. The lowest BCUT2D eigenvalue weighted by atomic mass is 10.0. The third-order valence-corrected chi connectivity index (χ3v) is 8.38. The molecule has 0 aliphatic carbocycles. The molecule has 1 aliphatic rings. The Balaban J connectivity index is 1.57. The first kappa shape index (κ1) is 37.5. The molecule has 0 unspecified atom stereocenters. The molecule has 15 heteroatoms. The van der Waals surface area contributed by atoms with Crippen molar-refractivity contribution in [1.82, 2.24) is 45.5 Å². The Bertz CT molecular complexity index is 1700. The molecule has 4 N–H and O–H groups in total. The number of aryl methyl sites for hydroxylation is 2. The Morgan fingerprint density at radius 2 is 1.66 bits per heavy atom. The maximum absolute atomic E-state index is 13.8. The van der Waals surface area contributed by atoms with Crippen LogP contribution in [0.4, 0.5) is 0 Å². The first-order valence-corrected chi connectivity index (χ1v) is 17.0. The molecule has 1 aliphatic heterocycles. The summed E-state index contributed by atoms with van der Waals surface area (Å²) in [6.45, 7) is 7.57. The zero-order chi connectivity index (χ0) is 36.2. The first-order chi connectivity index (χ1) is 23.9. The average molecular weight is 690 g/mol. The van der Waals surface area contributed by atoms with Crippen molar-refractivity contribution in [2.45, 2.75) is 84.6 Å².